The fourth-order valence-electron chi connectivity index (χ4n) is 1.49. The Balaban J connectivity index is 3.58. The molecule has 0 aliphatic carbocycles. The number of carbonyl (C=O) groups is 2. The van der Waals surface area contributed by atoms with Crippen LogP contribution < -0.4 is 4.74 Å². The van der Waals surface area contributed by atoms with E-state index in [4.69, 9.17) is 4.74 Å². The number of carbonyl (C=O) groups excluding carboxylic acids is 2. The van der Waals surface area contributed by atoms with Gasteiger partial charge in [0.25, 0.3) is 0 Å². The quantitative estimate of drug-likeness (QED) is 0.600. The predicted molar refractivity (Wildman–Crippen MR) is 64.9 cm³/mol. The molecular weight excluding hydrogens is 238 g/mol. The molecule has 6 heteroatoms. The van der Waals surface area contributed by atoms with Gasteiger partial charge in [-0.15, -0.1) is 0 Å². The lowest BCUT2D eigenvalue weighted by Crippen LogP contribution is -2.13. The molecule has 1 aromatic rings. The molecule has 0 radical (unpaired) electrons. The highest BCUT2D eigenvalue weighted by molar-refractivity contribution is 6.06. The first-order chi connectivity index (χ1) is 8.60. The number of rotatable bonds is 4. The maximum atomic E-state index is 11.7. The third-order valence-corrected chi connectivity index (χ3v) is 2.31. The van der Waals surface area contributed by atoms with E-state index < -0.39 is 11.9 Å². The number of benzene rings is 1. The Labute approximate surface area is 104 Å². The summed E-state index contributed by atoms with van der Waals surface area (Å²) in [6, 6.07) is 2.91. The van der Waals surface area contributed by atoms with E-state index in [1.807, 2.05) is 0 Å². The van der Waals surface area contributed by atoms with Crippen molar-refractivity contribution in [2.45, 2.75) is 0 Å². The molecule has 1 aromatic carbocycles. The van der Waals surface area contributed by atoms with Crippen LogP contribution in [0.3, 0.4) is 0 Å². The molecule has 0 spiro atoms. The Bertz CT molecular complexity index is 495. The lowest BCUT2D eigenvalue weighted by atomic mass is 10.0. The van der Waals surface area contributed by atoms with E-state index in [9.17, 15) is 9.59 Å². The number of aliphatic imine (C=N–C) groups is 1. The highest BCUT2D eigenvalue weighted by Crippen LogP contribution is 2.34. The summed E-state index contributed by atoms with van der Waals surface area (Å²) in [5.41, 5.74) is 0.357. The topological polar surface area (TPSA) is 74.2 Å². The monoisotopic (exact) mass is 251 g/mol. The summed E-state index contributed by atoms with van der Waals surface area (Å²) in [6.07, 6.45) is 0. The predicted octanol–water partition coefficient (Wildman–Crippen LogP) is 1.60. The average Bonchev–Trinajstić information content (AvgIpc) is 2.43. The lowest BCUT2D eigenvalue weighted by molar-refractivity contribution is 0.0552. The van der Waals surface area contributed by atoms with Crippen LogP contribution in [0.25, 0.3) is 0 Å². The first-order valence-corrected chi connectivity index (χ1v) is 4.95. The summed E-state index contributed by atoms with van der Waals surface area (Å²) in [5, 5.41) is 0. The van der Waals surface area contributed by atoms with Gasteiger partial charge in [-0.3, -0.25) is 4.99 Å². The van der Waals surface area contributed by atoms with Crippen LogP contribution in [0.15, 0.2) is 17.1 Å². The van der Waals surface area contributed by atoms with Crippen molar-refractivity contribution in [3.05, 3.63) is 23.3 Å². The summed E-state index contributed by atoms with van der Waals surface area (Å²) >= 11 is 0. The lowest BCUT2D eigenvalue weighted by Gasteiger charge is -2.12. The number of esters is 2. The van der Waals surface area contributed by atoms with Crippen molar-refractivity contribution in [2.24, 2.45) is 4.99 Å². The second-order valence-corrected chi connectivity index (χ2v) is 3.18. The molecule has 0 fully saturated rings. The van der Waals surface area contributed by atoms with Crippen molar-refractivity contribution in [3.8, 4) is 5.75 Å². The van der Waals surface area contributed by atoms with Gasteiger partial charge in [-0.2, -0.15) is 0 Å². The Morgan fingerprint density at radius 2 is 1.72 bits per heavy atom. The van der Waals surface area contributed by atoms with E-state index in [1.165, 1.54) is 33.5 Å². The van der Waals surface area contributed by atoms with E-state index in [0.717, 1.165) is 0 Å². The number of hydrogen-bond donors (Lipinski definition) is 0. The zero-order valence-electron chi connectivity index (χ0n) is 10.4. The van der Waals surface area contributed by atoms with Gasteiger partial charge in [0.2, 0.25) is 0 Å². The third kappa shape index (κ3) is 2.32. The smallest absolute Gasteiger partial charge is 0.342 e. The van der Waals surface area contributed by atoms with Crippen LogP contribution in [0, 0.1) is 0 Å². The fraction of sp³-hybridized carbons (Fsp3) is 0.250. The highest BCUT2D eigenvalue weighted by Gasteiger charge is 2.25. The van der Waals surface area contributed by atoms with Crippen LogP contribution in [0.5, 0.6) is 5.75 Å². The second kappa shape index (κ2) is 5.81. The van der Waals surface area contributed by atoms with Crippen molar-refractivity contribution in [3.63, 3.8) is 0 Å². The second-order valence-electron chi connectivity index (χ2n) is 3.18. The van der Waals surface area contributed by atoms with Crippen molar-refractivity contribution in [2.75, 3.05) is 21.3 Å². The van der Waals surface area contributed by atoms with Crippen LogP contribution in [0.1, 0.15) is 20.7 Å². The maximum absolute atomic E-state index is 11.7. The van der Waals surface area contributed by atoms with Crippen LogP contribution in [-0.2, 0) is 9.47 Å². The largest absolute Gasteiger partial charge is 0.494 e. The molecule has 0 amide bonds. The number of nitrogens with zero attached hydrogens (tertiary/aromatic N) is 1. The van der Waals surface area contributed by atoms with E-state index in [0.29, 0.717) is 5.69 Å². The molecule has 18 heavy (non-hydrogen) atoms. The van der Waals surface area contributed by atoms with E-state index in [2.05, 4.69) is 21.2 Å². The molecule has 0 aliphatic rings. The molecule has 0 N–H and O–H groups in total. The summed E-state index contributed by atoms with van der Waals surface area (Å²) in [5.74, 6) is -1.25. The molecule has 0 saturated heterocycles. The summed E-state index contributed by atoms with van der Waals surface area (Å²) in [6.45, 7) is 3.36. The van der Waals surface area contributed by atoms with Gasteiger partial charge in [0, 0.05) is 0 Å². The molecule has 0 saturated carbocycles. The van der Waals surface area contributed by atoms with Crippen molar-refractivity contribution < 1.29 is 23.8 Å². The SMILES string of the molecule is C=Nc1ccc(C(=O)OC)c(C(=O)OC)c1OC. The van der Waals surface area contributed by atoms with E-state index >= 15 is 0 Å². The Morgan fingerprint density at radius 1 is 1.11 bits per heavy atom. The molecular formula is C12H13NO5. The molecule has 0 heterocycles. The average molecular weight is 251 g/mol. The van der Waals surface area contributed by atoms with Gasteiger partial charge in [-0.25, -0.2) is 9.59 Å². The van der Waals surface area contributed by atoms with E-state index in [1.54, 1.807) is 0 Å². The molecule has 0 aliphatic heterocycles. The summed E-state index contributed by atoms with van der Waals surface area (Å²) < 4.78 is 14.3. The number of methoxy groups -OCH3 is 3. The van der Waals surface area contributed by atoms with Crippen molar-refractivity contribution in [1.82, 2.24) is 0 Å². The standard InChI is InChI=1S/C12H13NO5/c1-13-8-6-5-7(11(14)17-3)9(10(8)16-2)12(15)18-4/h5-6H,1H2,2-4H3. The van der Waals surface area contributed by atoms with Crippen LogP contribution in [0.2, 0.25) is 0 Å². The van der Waals surface area contributed by atoms with Crippen molar-refractivity contribution in [1.29, 1.82) is 0 Å². The summed E-state index contributed by atoms with van der Waals surface area (Å²) in [7, 11) is 3.78. The van der Waals surface area contributed by atoms with Crippen LogP contribution >= 0.6 is 0 Å². The molecule has 0 aromatic heterocycles. The van der Waals surface area contributed by atoms with Gasteiger partial charge in [0.15, 0.2) is 5.75 Å². The zero-order chi connectivity index (χ0) is 13.7. The Kier molecular flexibility index (Phi) is 4.42. The highest BCUT2D eigenvalue weighted by atomic mass is 16.5. The first kappa shape index (κ1) is 13.7. The molecule has 0 atom stereocenters. The number of ether oxygens (including phenoxy) is 3. The minimum atomic E-state index is -0.710. The first-order valence-electron chi connectivity index (χ1n) is 4.95. The molecule has 1 rings (SSSR count). The van der Waals surface area contributed by atoms with Crippen molar-refractivity contribution >= 4 is 24.3 Å². The molecule has 96 valence electrons. The van der Waals surface area contributed by atoms with Gasteiger partial charge in [-0.05, 0) is 18.9 Å². The van der Waals surface area contributed by atoms with Crippen LogP contribution in [-0.4, -0.2) is 40.0 Å². The Morgan fingerprint density at radius 3 is 2.17 bits per heavy atom. The fourth-order valence-corrected chi connectivity index (χ4v) is 1.49. The van der Waals surface area contributed by atoms with Gasteiger partial charge in [0.05, 0.1) is 26.9 Å². The van der Waals surface area contributed by atoms with Gasteiger partial charge in [0.1, 0.15) is 11.3 Å². The molecule has 6 nitrogen and oxygen atoms in total. The normalized spacial score (nSPS) is 9.50. The minimum absolute atomic E-state index is 0.0308. The summed E-state index contributed by atoms with van der Waals surface area (Å²) in [4.78, 5) is 27.0. The maximum Gasteiger partial charge on any atom is 0.342 e. The molecule has 0 unspecified atom stereocenters. The van der Waals surface area contributed by atoms with Gasteiger partial charge in [-0.1, -0.05) is 0 Å². The number of hydrogen-bond acceptors (Lipinski definition) is 6. The minimum Gasteiger partial charge on any atom is -0.494 e. The zero-order valence-corrected chi connectivity index (χ0v) is 10.4. The van der Waals surface area contributed by atoms with Gasteiger partial charge >= 0.3 is 11.9 Å². The Hall–Kier alpha value is -2.37. The van der Waals surface area contributed by atoms with Gasteiger partial charge < -0.3 is 14.2 Å². The third-order valence-electron chi connectivity index (χ3n) is 2.31. The van der Waals surface area contributed by atoms with Crippen LogP contribution in [0.4, 0.5) is 5.69 Å². The molecule has 0 bridgehead atoms. The van der Waals surface area contributed by atoms with E-state index in [-0.39, 0.29) is 16.9 Å².